The molecule has 0 aromatic heterocycles. The van der Waals surface area contributed by atoms with Crippen LogP contribution in [0.4, 0.5) is 4.79 Å². The van der Waals surface area contributed by atoms with Gasteiger partial charge in [-0.2, -0.15) is 0 Å². The lowest BCUT2D eigenvalue weighted by Crippen LogP contribution is -2.43. The minimum Gasteiger partial charge on any atom is -0.464 e. The largest absolute Gasteiger partial charge is 0.464 e. The summed E-state index contributed by atoms with van der Waals surface area (Å²) in [6, 6.07) is -0.697. The molecule has 0 aliphatic heterocycles. The molecule has 0 aromatic rings. The first-order valence-electron chi connectivity index (χ1n) is 12.0. The normalized spacial score (nSPS) is 11.7. The predicted octanol–water partition coefficient (Wildman–Crippen LogP) is 6.39. The second kappa shape index (κ2) is 20.6. The Labute approximate surface area is 185 Å². The number of terminal acetylenes is 1. The van der Waals surface area contributed by atoms with Gasteiger partial charge in [-0.25, -0.2) is 9.59 Å². The quantitative estimate of drug-likeness (QED) is 0.148. The Hall–Kier alpha value is -1.70. The highest BCUT2D eigenvalue weighted by Crippen LogP contribution is 2.13. The van der Waals surface area contributed by atoms with Crippen LogP contribution in [0.15, 0.2) is 0 Å². The van der Waals surface area contributed by atoms with Crippen molar-refractivity contribution in [1.29, 1.82) is 0 Å². The summed E-state index contributed by atoms with van der Waals surface area (Å²) in [6.07, 6.45) is 21.5. The molecular weight excluding hydrogens is 378 g/mol. The molecule has 5 nitrogen and oxygen atoms in total. The Morgan fingerprint density at radius 2 is 1.33 bits per heavy atom. The number of rotatable bonds is 19. The zero-order chi connectivity index (χ0) is 22.5. The lowest BCUT2D eigenvalue weighted by Gasteiger charge is -2.19. The van der Waals surface area contributed by atoms with Crippen molar-refractivity contribution in [2.45, 2.75) is 117 Å². The fourth-order valence-corrected chi connectivity index (χ4v) is 3.37. The minimum atomic E-state index is -0.697. The summed E-state index contributed by atoms with van der Waals surface area (Å²) in [7, 11) is 0. The first kappa shape index (κ1) is 28.3. The maximum absolute atomic E-state index is 12.3. The molecule has 0 rings (SSSR count). The van der Waals surface area contributed by atoms with Gasteiger partial charge >= 0.3 is 12.1 Å². The van der Waals surface area contributed by atoms with Crippen LogP contribution in [-0.2, 0) is 14.3 Å². The summed E-state index contributed by atoms with van der Waals surface area (Å²) in [4.78, 5) is 23.9. The fourth-order valence-electron chi connectivity index (χ4n) is 3.37. The van der Waals surface area contributed by atoms with E-state index in [9.17, 15) is 9.59 Å². The van der Waals surface area contributed by atoms with Gasteiger partial charge in [-0.15, -0.1) is 6.42 Å². The van der Waals surface area contributed by atoms with Gasteiger partial charge in [-0.1, -0.05) is 104 Å². The molecule has 1 N–H and O–H groups in total. The molecule has 0 bridgehead atoms. The Morgan fingerprint density at radius 3 is 1.80 bits per heavy atom. The standard InChI is InChI=1S/C25H45NO4/c1-5-7-8-9-10-11-12-13-14-15-16-17-18-20-29-24(27)23(21-22(3)4)26-25(28)30-19-6-2/h2,22-23H,5,7-21H2,1,3-4H3,(H,26,28). The molecule has 0 heterocycles. The summed E-state index contributed by atoms with van der Waals surface area (Å²) in [6.45, 7) is 6.51. The molecule has 0 saturated carbocycles. The van der Waals surface area contributed by atoms with Crippen molar-refractivity contribution in [1.82, 2.24) is 5.32 Å². The average molecular weight is 424 g/mol. The Morgan fingerprint density at radius 1 is 0.833 bits per heavy atom. The number of alkyl carbamates (subject to hydrolysis) is 1. The molecule has 174 valence electrons. The number of nitrogens with one attached hydrogen (secondary N) is 1. The summed E-state index contributed by atoms with van der Waals surface area (Å²) in [5.41, 5.74) is 0. The average Bonchev–Trinajstić information content (AvgIpc) is 2.71. The molecule has 0 aliphatic rings. The van der Waals surface area contributed by atoms with Gasteiger partial charge in [0.05, 0.1) is 6.61 Å². The van der Waals surface area contributed by atoms with E-state index in [4.69, 9.17) is 15.9 Å². The van der Waals surface area contributed by atoms with Gasteiger partial charge < -0.3 is 14.8 Å². The minimum absolute atomic E-state index is 0.117. The van der Waals surface area contributed by atoms with Crippen molar-refractivity contribution in [3.8, 4) is 12.3 Å². The van der Waals surface area contributed by atoms with Gasteiger partial charge in [0, 0.05) is 0 Å². The monoisotopic (exact) mass is 423 g/mol. The van der Waals surface area contributed by atoms with E-state index in [0.717, 1.165) is 12.8 Å². The Balaban J connectivity index is 3.72. The highest BCUT2D eigenvalue weighted by molar-refractivity contribution is 5.81. The van der Waals surface area contributed by atoms with Crippen molar-refractivity contribution in [2.75, 3.05) is 13.2 Å². The van der Waals surface area contributed by atoms with E-state index in [-0.39, 0.29) is 12.5 Å². The molecule has 0 saturated heterocycles. The maximum atomic E-state index is 12.3. The third-order valence-electron chi connectivity index (χ3n) is 5.06. The van der Waals surface area contributed by atoms with Crippen LogP contribution in [0.5, 0.6) is 0 Å². The van der Waals surface area contributed by atoms with Gasteiger partial charge in [-0.3, -0.25) is 0 Å². The van der Waals surface area contributed by atoms with Crippen LogP contribution in [0.25, 0.3) is 0 Å². The summed E-state index contributed by atoms with van der Waals surface area (Å²) < 4.78 is 10.1. The molecule has 1 atom stereocenters. The fraction of sp³-hybridized carbons (Fsp3) is 0.840. The molecule has 0 aliphatic carbocycles. The third-order valence-corrected chi connectivity index (χ3v) is 5.06. The molecule has 1 amide bonds. The van der Waals surface area contributed by atoms with Crippen LogP contribution < -0.4 is 5.32 Å². The van der Waals surface area contributed by atoms with E-state index in [1.54, 1.807) is 0 Å². The molecule has 0 fully saturated rings. The third kappa shape index (κ3) is 18.3. The molecule has 0 spiro atoms. The topological polar surface area (TPSA) is 64.6 Å². The summed E-state index contributed by atoms with van der Waals surface area (Å²) in [5.74, 6) is 2.06. The summed E-state index contributed by atoms with van der Waals surface area (Å²) >= 11 is 0. The lowest BCUT2D eigenvalue weighted by atomic mass is 10.0. The SMILES string of the molecule is C#CCOC(=O)NC(CC(C)C)C(=O)OCCCCCCCCCCCCCCC. The van der Waals surface area contributed by atoms with Gasteiger partial charge in [0.1, 0.15) is 6.04 Å². The molecule has 30 heavy (non-hydrogen) atoms. The van der Waals surface area contributed by atoms with E-state index in [1.807, 2.05) is 13.8 Å². The second-order valence-corrected chi connectivity index (χ2v) is 8.52. The summed E-state index contributed by atoms with van der Waals surface area (Å²) in [5, 5.41) is 2.55. The van der Waals surface area contributed by atoms with Gasteiger partial charge in [0.25, 0.3) is 0 Å². The molecule has 0 aromatic carbocycles. The first-order chi connectivity index (χ1) is 14.5. The van der Waals surface area contributed by atoms with E-state index >= 15 is 0 Å². The van der Waals surface area contributed by atoms with Crippen molar-refractivity contribution < 1.29 is 19.1 Å². The molecular formula is C25H45NO4. The molecule has 1 unspecified atom stereocenters. The highest BCUT2D eigenvalue weighted by Gasteiger charge is 2.23. The zero-order valence-corrected chi connectivity index (χ0v) is 19.7. The zero-order valence-electron chi connectivity index (χ0n) is 19.7. The Kier molecular flexibility index (Phi) is 19.4. The first-order valence-corrected chi connectivity index (χ1v) is 12.0. The van der Waals surface area contributed by atoms with Gasteiger partial charge in [0.15, 0.2) is 6.61 Å². The second-order valence-electron chi connectivity index (χ2n) is 8.52. The number of unbranched alkanes of at least 4 members (excludes halogenated alkanes) is 12. The number of ether oxygens (including phenoxy) is 2. The van der Waals surface area contributed by atoms with E-state index in [2.05, 4.69) is 18.2 Å². The van der Waals surface area contributed by atoms with Crippen LogP contribution in [0.2, 0.25) is 0 Å². The van der Waals surface area contributed by atoms with E-state index in [1.165, 1.54) is 70.6 Å². The van der Waals surface area contributed by atoms with E-state index < -0.39 is 18.1 Å². The van der Waals surface area contributed by atoms with E-state index in [0.29, 0.717) is 13.0 Å². The van der Waals surface area contributed by atoms with Crippen LogP contribution in [0, 0.1) is 18.3 Å². The van der Waals surface area contributed by atoms with Crippen molar-refractivity contribution in [2.24, 2.45) is 5.92 Å². The molecule has 0 radical (unpaired) electrons. The van der Waals surface area contributed by atoms with Gasteiger partial charge in [0.2, 0.25) is 0 Å². The van der Waals surface area contributed by atoms with Gasteiger partial charge in [-0.05, 0) is 18.8 Å². The van der Waals surface area contributed by atoms with Crippen molar-refractivity contribution in [3.63, 3.8) is 0 Å². The number of carbonyl (C=O) groups excluding carboxylic acids is 2. The highest BCUT2D eigenvalue weighted by atomic mass is 16.6. The molecule has 5 heteroatoms. The van der Waals surface area contributed by atoms with Crippen LogP contribution in [0.1, 0.15) is 111 Å². The predicted molar refractivity (Wildman–Crippen MR) is 123 cm³/mol. The number of hydrogen-bond acceptors (Lipinski definition) is 4. The van der Waals surface area contributed by atoms with Crippen molar-refractivity contribution in [3.05, 3.63) is 0 Å². The van der Waals surface area contributed by atoms with Crippen LogP contribution in [0.3, 0.4) is 0 Å². The number of hydrogen-bond donors (Lipinski definition) is 1. The Bertz CT molecular complexity index is 470. The maximum Gasteiger partial charge on any atom is 0.408 e. The number of esters is 1. The van der Waals surface area contributed by atoms with Crippen LogP contribution in [-0.4, -0.2) is 31.3 Å². The van der Waals surface area contributed by atoms with Crippen LogP contribution >= 0.6 is 0 Å². The lowest BCUT2D eigenvalue weighted by molar-refractivity contribution is -0.146. The van der Waals surface area contributed by atoms with Crippen molar-refractivity contribution >= 4 is 12.1 Å². The number of carbonyl (C=O) groups is 2. The number of amides is 1. The smallest absolute Gasteiger partial charge is 0.408 e.